The van der Waals surface area contributed by atoms with E-state index in [0.29, 0.717) is 17.9 Å². The minimum absolute atomic E-state index is 0.0900. The number of carbonyl (C=O) groups is 1. The second kappa shape index (κ2) is 9.42. The van der Waals surface area contributed by atoms with Crippen LogP contribution in [0.2, 0.25) is 0 Å². The number of ether oxygens (including phenoxy) is 1. The van der Waals surface area contributed by atoms with Crippen molar-refractivity contribution in [3.63, 3.8) is 0 Å². The van der Waals surface area contributed by atoms with E-state index < -0.39 is 5.63 Å². The first-order valence-electron chi connectivity index (χ1n) is 10.3. The van der Waals surface area contributed by atoms with Crippen molar-refractivity contribution in [3.8, 4) is 5.75 Å². The summed E-state index contributed by atoms with van der Waals surface area (Å²) in [6.45, 7) is 2.35. The molecule has 3 heterocycles. The van der Waals surface area contributed by atoms with E-state index in [1.165, 1.54) is 6.07 Å². The maximum atomic E-state index is 12.0. The maximum Gasteiger partial charge on any atom is 0.336 e. The second-order valence-corrected chi connectivity index (χ2v) is 7.40. The zero-order valence-corrected chi connectivity index (χ0v) is 17.3. The molecule has 0 saturated carbocycles. The van der Waals surface area contributed by atoms with E-state index in [1.807, 2.05) is 41.8 Å². The number of amides is 1. The molecule has 0 saturated heterocycles. The molecular weight excluding hydrogens is 396 g/mol. The third-order valence-electron chi connectivity index (χ3n) is 5.08. The third kappa shape index (κ3) is 5.09. The lowest BCUT2D eigenvalue weighted by Gasteiger charge is -2.08. The van der Waals surface area contributed by atoms with Crippen molar-refractivity contribution in [2.45, 2.75) is 32.6 Å². The summed E-state index contributed by atoms with van der Waals surface area (Å²) < 4.78 is 12.7. The smallest absolute Gasteiger partial charge is 0.336 e. The van der Waals surface area contributed by atoms with Gasteiger partial charge in [0.1, 0.15) is 17.2 Å². The van der Waals surface area contributed by atoms with Gasteiger partial charge in [-0.3, -0.25) is 9.20 Å². The molecule has 4 aromatic rings. The molecule has 0 aliphatic rings. The van der Waals surface area contributed by atoms with Crippen molar-refractivity contribution in [2.24, 2.45) is 0 Å². The molecule has 4 rings (SSSR count). The van der Waals surface area contributed by atoms with Gasteiger partial charge in [0.25, 0.3) is 5.91 Å². The largest absolute Gasteiger partial charge is 0.484 e. The number of benzene rings is 1. The van der Waals surface area contributed by atoms with Gasteiger partial charge in [-0.05, 0) is 49.6 Å². The van der Waals surface area contributed by atoms with E-state index in [1.54, 1.807) is 12.1 Å². The van der Waals surface area contributed by atoms with Crippen LogP contribution in [0.15, 0.2) is 57.9 Å². The van der Waals surface area contributed by atoms with Crippen molar-refractivity contribution >= 4 is 22.5 Å². The lowest BCUT2D eigenvalue weighted by atomic mass is 10.1. The molecule has 1 N–H and O–H groups in total. The Morgan fingerprint density at radius 1 is 1.13 bits per heavy atom. The lowest BCUT2D eigenvalue weighted by molar-refractivity contribution is -0.123. The van der Waals surface area contributed by atoms with Crippen molar-refractivity contribution in [2.75, 3.05) is 13.2 Å². The number of aromatic nitrogens is 3. The summed E-state index contributed by atoms with van der Waals surface area (Å²) in [7, 11) is 0. The van der Waals surface area contributed by atoms with Gasteiger partial charge in [-0.2, -0.15) is 0 Å². The molecule has 3 aromatic heterocycles. The SMILES string of the molecule is Cc1cc(=O)oc2cc(OCC(=O)NCCCCCc3nnc4ccccn34)ccc12. The van der Waals surface area contributed by atoms with E-state index >= 15 is 0 Å². The van der Waals surface area contributed by atoms with Crippen LogP contribution >= 0.6 is 0 Å². The van der Waals surface area contributed by atoms with Crippen LogP contribution in [-0.2, 0) is 11.2 Å². The molecule has 0 atom stereocenters. The van der Waals surface area contributed by atoms with Crippen LogP contribution in [0.3, 0.4) is 0 Å². The van der Waals surface area contributed by atoms with E-state index in [0.717, 1.165) is 48.1 Å². The Hall–Kier alpha value is -3.68. The minimum atomic E-state index is -0.405. The van der Waals surface area contributed by atoms with Crippen LogP contribution in [0.4, 0.5) is 0 Å². The van der Waals surface area contributed by atoms with Gasteiger partial charge in [0.2, 0.25) is 0 Å². The molecule has 0 unspecified atom stereocenters. The number of rotatable bonds is 9. The Morgan fingerprint density at radius 3 is 2.94 bits per heavy atom. The van der Waals surface area contributed by atoms with E-state index in [9.17, 15) is 9.59 Å². The highest BCUT2D eigenvalue weighted by Crippen LogP contribution is 2.22. The van der Waals surface area contributed by atoms with Crippen LogP contribution in [0, 0.1) is 6.92 Å². The molecule has 0 bridgehead atoms. The third-order valence-corrected chi connectivity index (χ3v) is 5.08. The Balaban J connectivity index is 1.16. The van der Waals surface area contributed by atoms with Gasteiger partial charge in [-0.1, -0.05) is 12.5 Å². The van der Waals surface area contributed by atoms with Gasteiger partial charge in [-0.25, -0.2) is 4.79 Å². The standard InChI is InChI=1S/C23H24N4O4/c1-16-13-23(29)31-19-14-17(9-10-18(16)19)30-15-22(28)24-11-5-2-3-7-20-25-26-21-8-4-6-12-27(20)21/h4,6,8-10,12-14H,2-3,5,7,11,15H2,1H3,(H,24,28). The predicted octanol–water partition coefficient (Wildman–Crippen LogP) is 3.05. The molecule has 8 nitrogen and oxygen atoms in total. The van der Waals surface area contributed by atoms with Gasteiger partial charge >= 0.3 is 5.63 Å². The average molecular weight is 420 g/mol. The summed E-state index contributed by atoms with van der Waals surface area (Å²) in [4.78, 5) is 23.5. The Kier molecular flexibility index (Phi) is 6.26. The van der Waals surface area contributed by atoms with Crippen LogP contribution in [0.5, 0.6) is 5.75 Å². The number of nitrogens with zero attached hydrogens (tertiary/aromatic N) is 3. The summed E-state index contributed by atoms with van der Waals surface area (Å²) >= 11 is 0. The van der Waals surface area contributed by atoms with E-state index in [-0.39, 0.29) is 12.5 Å². The Bertz CT molecular complexity index is 1260. The van der Waals surface area contributed by atoms with Crippen molar-refractivity contribution in [1.29, 1.82) is 0 Å². The van der Waals surface area contributed by atoms with Crippen LogP contribution in [0.1, 0.15) is 30.7 Å². The number of hydrogen-bond acceptors (Lipinski definition) is 6. The molecule has 0 aliphatic carbocycles. The van der Waals surface area contributed by atoms with Crippen LogP contribution in [0.25, 0.3) is 16.6 Å². The summed E-state index contributed by atoms with van der Waals surface area (Å²) in [5.41, 5.74) is 1.74. The predicted molar refractivity (Wildman–Crippen MR) is 116 cm³/mol. The first-order valence-corrected chi connectivity index (χ1v) is 10.3. The fourth-order valence-corrected chi connectivity index (χ4v) is 3.47. The molecule has 0 radical (unpaired) electrons. The van der Waals surface area contributed by atoms with Crippen molar-refractivity contribution in [1.82, 2.24) is 19.9 Å². The summed E-state index contributed by atoms with van der Waals surface area (Å²) in [6.07, 6.45) is 5.65. The van der Waals surface area contributed by atoms with E-state index in [2.05, 4.69) is 15.5 Å². The van der Waals surface area contributed by atoms with Crippen LogP contribution in [-0.4, -0.2) is 33.7 Å². The fourth-order valence-electron chi connectivity index (χ4n) is 3.47. The fraction of sp³-hybridized carbons (Fsp3) is 0.304. The average Bonchev–Trinajstić information content (AvgIpc) is 3.17. The van der Waals surface area contributed by atoms with Gasteiger partial charge in [0.15, 0.2) is 12.3 Å². The molecule has 1 aromatic carbocycles. The zero-order chi connectivity index (χ0) is 21.6. The topological polar surface area (TPSA) is 98.7 Å². The van der Waals surface area contributed by atoms with Gasteiger partial charge in [0.05, 0.1) is 0 Å². The maximum absolute atomic E-state index is 12.0. The monoisotopic (exact) mass is 420 g/mol. The van der Waals surface area contributed by atoms with Crippen molar-refractivity contribution < 1.29 is 13.9 Å². The molecule has 0 fully saturated rings. The highest BCUT2D eigenvalue weighted by atomic mass is 16.5. The molecule has 31 heavy (non-hydrogen) atoms. The summed E-state index contributed by atoms with van der Waals surface area (Å²) in [6, 6.07) is 12.5. The first-order chi connectivity index (χ1) is 15.1. The Morgan fingerprint density at radius 2 is 2.03 bits per heavy atom. The first kappa shape index (κ1) is 20.6. The molecule has 0 aliphatic heterocycles. The molecule has 1 amide bonds. The number of aryl methyl sites for hydroxylation is 2. The lowest BCUT2D eigenvalue weighted by Crippen LogP contribution is -2.29. The zero-order valence-electron chi connectivity index (χ0n) is 17.3. The van der Waals surface area contributed by atoms with Crippen molar-refractivity contribution in [3.05, 3.63) is 70.5 Å². The number of pyridine rings is 1. The Labute approximate surface area is 178 Å². The minimum Gasteiger partial charge on any atom is -0.484 e. The molecule has 160 valence electrons. The number of unbranched alkanes of at least 4 members (excludes halogenated alkanes) is 2. The number of fused-ring (bicyclic) bond motifs is 2. The summed E-state index contributed by atoms with van der Waals surface area (Å²) in [5.74, 6) is 1.25. The molecule has 8 heteroatoms. The molecule has 0 spiro atoms. The highest BCUT2D eigenvalue weighted by Gasteiger charge is 2.07. The number of carbonyl (C=O) groups excluding carboxylic acids is 1. The normalized spacial score (nSPS) is 11.1. The van der Waals surface area contributed by atoms with Gasteiger partial charge in [0, 0.05) is 36.7 Å². The molecular formula is C23H24N4O4. The number of hydrogen-bond donors (Lipinski definition) is 1. The van der Waals surface area contributed by atoms with E-state index in [4.69, 9.17) is 9.15 Å². The van der Waals surface area contributed by atoms with Gasteiger partial charge < -0.3 is 14.5 Å². The van der Waals surface area contributed by atoms with Gasteiger partial charge in [-0.15, -0.1) is 10.2 Å². The quantitative estimate of drug-likeness (QED) is 0.330. The van der Waals surface area contributed by atoms with Crippen LogP contribution < -0.4 is 15.7 Å². The summed E-state index contributed by atoms with van der Waals surface area (Å²) in [5, 5.41) is 12.1. The second-order valence-electron chi connectivity index (χ2n) is 7.40. The highest BCUT2D eigenvalue weighted by molar-refractivity contribution is 5.81. The number of nitrogens with one attached hydrogen (secondary N) is 1.